The lowest BCUT2D eigenvalue weighted by Crippen LogP contribution is -2.07. The summed E-state index contributed by atoms with van der Waals surface area (Å²) in [6.07, 6.45) is 9.95. The molecule has 11 aromatic rings. The van der Waals surface area contributed by atoms with Crippen LogP contribution in [0.25, 0.3) is 105 Å². The number of aromatic nitrogens is 1. The average molecular weight is 802 g/mol. The van der Waals surface area contributed by atoms with E-state index < -0.39 is 0 Å². The van der Waals surface area contributed by atoms with Crippen LogP contribution in [0.2, 0.25) is 0 Å². The van der Waals surface area contributed by atoms with E-state index in [2.05, 4.69) is 247 Å². The molecule has 0 fully saturated rings. The Kier molecular flexibility index (Phi) is 9.04. The number of hydrogen-bond donors (Lipinski definition) is 0. The summed E-state index contributed by atoms with van der Waals surface area (Å²) in [7, 11) is 0. The van der Waals surface area contributed by atoms with Gasteiger partial charge in [-0.05, 0) is 148 Å². The van der Waals surface area contributed by atoms with E-state index in [0.29, 0.717) is 5.92 Å². The van der Waals surface area contributed by atoms with Crippen molar-refractivity contribution in [1.29, 1.82) is 0 Å². The molecule has 1 aromatic heterocycles. The molecule has 0 radical (unpaired) electrons. The summed E-state index contributed by atoms with van der Waals surface area (Å²) in [5, 5.41) is 9.96. The predicted molar refractivity (Wildman–Crippen MR) is 269 cm³/mol. The Morgan fingerprint density at radius 1 is 0.333 bits per heavy atom. The van der Waals surface area contributed by atoms with E-state index in [9.17, 15) is 0 Å². The van der Waals surface area contributed by atoms with Gasteiger partial charge in [0.1, 0.15) is 0 Å². The SMILES string of the molecule is C1=CCC(c2ccc(-c3ccccc3)n2-c2ccc3cc4c(-c5ccc(-c6ccc7ccccc7c6)cc5)ccc(-c5ccc(-c6ccc7ccccc7c6)cc5)c4cc3c2)C=C1. The normalized spacial score (nSPS) is 13.7. The van der Waals surface area contributed by atoms with Crippen LogP contribution in [0.3, 0.4) is 0 Å². The predicted octanol–water partition coefficient (Wildman–Crippen LogP) is 17.0. The van der Waals surface area contributed by atoms with Crippen molar-refractivity contribution in [3.8, 4) is 61.5 Å². The standard InChI is InChI=1S/C62H43N/c1-3-13-48(14-4-1)61-35-36-62(49-15-5-2-6-16-49)63(61)56-32-31-54-40-59-57(46-25-19-44(20-26-46)52-29-23-42-11-7-9-17-50(42)37-52)33-34-58(60(59)41-55(54)39-56)47-27-21-45(22-28-47)53-30-24-43-12-8-10-18-51(43)38-53/h1-15,17-41,49H,16H2. The highest BCUT2D eigenvalue weighted by Crippen LogP contribution is 2.41. The molecule has 12 rings (SSSR count). The summed E-state index contributed by atoms with van der Waals surface area (Å²) in [4.78, 5) is 0. The first kappa shape index (κ1) is 36.8. The highest BCUT2D eigenvalue weighted by atomic mass is 15.0. The topological polar surface area (TPSA) is 4.93 Å². The second kappa shape index (κ2) is 15.5. The van der Waals surface area contributed by atoms with Crippen molar-refractivity contribution in [2.24, 2.45) is 0 Å². The minimum Gasteiger partial charge on any atom is -0.313 e. The zero-order valence-corrected chi connectivity index (χ0v) is 34.8. The molecule has 1 atom stereocenters. The van der Waals surface area contributed by atoms with Crippen molar-refractivity contribution in [2.75, 3.05) is 0 Å². The van der Waals surface area contributed by atoms with E-state index in [4.69, 9.17) is 0 Å². The van der Waals surface area contributed by atoms with Crippen LogP contribution in [0.5, 0.6) is 0 Å². The molecule has 1 nitrogen and oxygen atoms in total. The van der Waals surface area contributed by atoms with Crippen LogP contribution in [0, 0.1) is 0 Å². The van der Waals surface area contributed by atoms with Crippen LogP contribution in [-0.4, -0.2) is 4.57 Å². The molecule has 1 aliphatic carbocycles. The van der Waals surface area contributed by atoms with E-state index in [0.717, 1.165) is 6.42 Å². The van der Waals surface area contributed by atoms with Gasteiger partial charge < -0.3 is 4.57 Å². The van der Waals surface area contributed by atoms with Crippen LogP contribution in [-0.2, 0) is 0 Å². The van der Waals surface area contributed by atoms with Gasteiger partial charge in [-0.15, -0.1) is 0 Å². The monoisotopic (exact) mass is 801 g/mol. The van der Waals surface area contributed by atoms with E-state index in [1.165, 1.54) is 110 Å². The molecular formula is C62H43N. The van der Waals surface area contributed by atoms with Crippen molar-refractivity contribution in [1.82, 2.24) is 4.57 Å². The Morgan fingerprint density at radius 2 is 0.841 bits per heavy atom. The minimum absolute atomic E-state index is 0.305. The van der Waals surface area contributed by atoms with Gasteiger partial charge in [0.2, 0.25) is 0 Å². The Bertz CT molecular complexity index is 3570. The van der Waals surface area contributed by atoms with Crippen molar-refractivity contribution in [2.45, 2.75) is 12.3 Å². The molecule has 296 valence electrons. The number of allylic oxidation sites excluding steroid dienone is 4. The zero-order chi connectivity index (χ0) is 41.7. The molecule has 0 bridgehead atoms. The van der Waals surface area contributed by atoms with E-state index in [1.807, 2.05) is 0 Å². The first-order valence-corrected chi connectivity index (χ1v) is 22.0. The van der Waals surface area contributed by atoms with Gasteiger partial charge in [0, 0.05) is 17.3 Å². The van der Waals surface area contributed by atoms with Crippen molar-refractivity contribution in [3.63, 3.8) is 0 Å². The van der Waals surface area contributed by atoms with Crippen molar-refractivity contribution >= 4 is 43.1 Å². The fraction of sp³-hybridized carbons (Fsp3) is 0.0323. The van der Waals surface area contributed by atoms with E-state index in [1.54, 1.807) is 0 Å². The third kappa shape index (κ3) is 6.76. The number of fused-ring (bicyclic) bond motifs is 4. The molecule has 1 unspecified atom stereocenters. The number of rotatable bonds is 7. The fourth-order valence-electron chi connectivity index (χ4n) is 9.81. The maximum absolute atomic E-state index is 2.48. The van der Waals surface area contributed by atoms with Gasteiger partial charge in [-0.1, -0.05) is 194 Å². The second-order valence-corrected chi connectivity index (χ2v) is 16.9. The molecule has 0 aliphatic heterocycles. The summed E-state index contributed by atoms with van der Waals surface area (Å²) < 4.78 is 2.48. The first-order valence-electron chi connectivity index (χ1n) is 22.0. The average Bonchev–Trinajstić information content (AvgIpc) is 3.81. The Balaban J connectivity index is 1.00. The Morgan fingerprint density at radius 3 is 1.43 bits per heavy atom. The molecular weight excluding hydrogens is 759 g/mol. The van der Waals surface area contributed by atoms with E-state index >= 15 is 0 Å². The highest BCUT2D eigenvalue weighted by molar-refractivity contribution is 6.11. The summed E-state index contributed by atoms with van der Waals surface area (Å²) in [5.74, 6) is 0.305. The molecule has 0 spiro atoms. The number of benzene rings is 10. The molecule has 0 saturated heterocycles. The lowest BCUT2D eigenvalue weighted by molar-refractivity contribution is 0.786. The zero-order valence-electron chi connectivity index (χ0n) is 34.8. The van der Waals surface area contributed by atoms with Gasteiger partial charge in [-0.25, -0.2) is 0 Å². The van der Waals surface area contributed by atoms with Gasteiger partial charge in [-0.2, -0.15) is 0 Å². The van der Waals surface area contributed by atoms with Crippen LogP contribution in [0.1, 0.15) is 18.0 Å². The van der Waals surface area contributed by atoms with Crippen LogP contribution in [0.4, 0.5) is 0 Å². The smallest absolute Gasteiger partial charge is 0.0531 e. The third-order valence-electron chi connectivity index (χ3n) is 13.1. The largest absolute Gasteiger partial charge is 0.313 e. The molecule has 0 amide bonds. The maximum atomic E-state index is 2.48. The quantitative estimate of drug-likeness (QED) is 0.142. The fourth-order valence-corrected chi connectivity index (χ4v) is 9.81. The molecule has 10 aromatic carbocycles. The lowest BCUT2D eigenvalue weighted by atomic mass is 9.89. The molecule has 63 heavy (non-hydrogen) atoms. The summed E-state index contributed by atoms with van der Waals surface area (Å²) in [5.41, 5.74) is 14.6. The second-order valence-electron chi connectivity index (χ2n) is 16.9. The van der Waals surface area contributed by atoms with Gasteiger partial charge in [0.25, 0.3) is 0 Å². The van der Waals surface area contributed by atoms with Gasteiger partial charge in [0.05, 0.1) is 5.69 Å². The maximum Gasteiger partial charge on any atom is 0.0531 e. The van der Waals surface area contributed by atoms with Crippen LogP contribution >= 0.6 is 0 Å². The Labute approximate surface area is 368 Å². The van der Waals surface area contributed by atoms with Crippen molar-refractivity contribution in [3.05, 3.63) is 248 Å². The van der Waals surface area contributed by atoms with E-state index in [-0.39, 0.29) is 0 Å². The van der Waals surface area contributed by atoms with Crippen molar-refractivity contribution < 1.29 is 0 Å². The van der Waals surface area contributed by atoms with Gasteiger partial charge in [0.15, 0.2) is 0 Å². The first-order chi connectivity index (χ1) is 31.2. The van der Waals surface area contributed by atoms with Gasteiger partial charge in [-0.3, -0.25) is 0 Å². The third-order valence-corrected chi connectivity index (χ3v) is 13.1. The molecule has 0 N–H and O–H groups in total. The highest BCUT2D eigenvalue weighted by Gasteiger charge is 2.20. The summed E-state index contributed by atoms with van der Waals surface area (Å²) >= 11 is 0. The number of hydrogen-bond acceptors (Lipinski definition) is 0. The minimum atomic E-state index is 0.305. The Hall–Kier alpha value is -8.00. The molecule has 1 heteroatoms. The molecule has 0 saturated carbocycles. The molecule has 1 heterocycles. The lowest BCUT2D eigenvalue weighted by Gasteiger charge is -2.20. The van der Waals surface area contributed by atoms with Crippen LogP contribution in [0.15, 0.2) is 243 Å². The summed E-state index contributed by atoms with van der Waals surface area (Å²) in [6, 6.07) is 80.8. The van der Waals surface area contributed by atoms with Gasteiger partial charge >= 0.3 is 0 Å². The van der Waals surface area contributed by atoms with Crippen LogP contribution < -0.4 is 0 Å². The molecule has 1 aliphatic rings. The number of nitrogens with zero attached hydrogens (tertiary/aromatic N) is 1. The summed E-state index contributed by atoms with van der Waals surface area (Å²) in [6.45, 7) is 0.